The first kappa shape index (κ1) is 19.5. The number of benzene rings is 1. The number of carbonyl (C=O) groups excluding carboxylic acids is 2. The minimum atomic E-state index is -5.06. The van der Waals surface area contributed by atoms with E-state index in [1.165, 1.54) is 6.92 Å². The first-order valence-corrected chi connectivity index (χ1v) is 8.06. The van der Waals surface area contributed by atoms with E-state index >= 15 is 0 Å². The summed E-state index contributed by atoms with van der Waals surface area (Å²) < 4.78 is 42.6. The molecule has 0 saturated heterocycles. The van der Waals surface area contributed by atoms with Crippen LogP contribution in [0.15, 0.2) is 29.2 Å². The fraction of sp³-hybridized carbons (Fsp3) is 0.500. The quantitative estimate of drug-likeness (QED) is 0.424. The normalized spacial score (nSPS) is 13.0. The van der Waals surface area contributed by atoms with Gasteiger partial charge in [0.2, 0.25) is 0 Å². The van der Waals surface area contributed by atoms with Crippen molar-refractivity contribution in [2.45, 2.75) is 43.5 Å². The second-order valence-corrected chi connectivity index (χ2v) is 6.83. The van der Waals surface area contributed by atoms with Gasteiger partial charge in [-0.25, -0.2) is 0 Å². The molecule has 1 aromatic rings. The van der Waals surface area contributed by atoms with E-state index in [-0.39, 0.29) is 13.0 Å². The van der Waals surface area contributed by atoms with Crippen molar-refractivity contribution in [3.05, 3.63) is 29.8 Å². The predicted octanol–water partition coefficient (Wildman–Crippen LogP) is 4.04. The molecular weight excluding hydrogens is 329 g/mol. The molecule has 1 rings (SSSR count). The minimum Gasteiger partial charge on any atom is -0.465 e. The number of Topliss-reactive ketones (excluding diaryl/α,β-unsaturated/α-hetero) is 1. The number of ketones is 1. The Balaban J connectivity index is 2.92. The van der Waals surface area contributed by atoms with Gasteiger partial charge in [-0.15, -0.1) is 11.8 Å². The Bertz CT molecular complexity index is 538. The van der Waals surface area contributed by atoms with E-state index in [4.69, 9.17) is 0 Å². The van der Waals surface area contributed by atoms with Crippen molar-refractivity contribution < 1.29 is 27.5 Å². The molecule has 0 spiro atoms. The van der Waals surface area contributed by atoms with Gasteiger partial charge >= 0.3 is 12.1 Å². The number of ether oxygens (including phenoxy) is 1. The molecule has 1 atom stereocenters. The second-order valence-electron chi connectivity index (χ2n) is 5.18. The summed E-state index contributed by atoms with van der Waals surface area (Å²) >= 11 is 1.61. The molecular formula is C16H19F3O3S. The van der Waals surface area contributed by atoms with Crippen LogP contribution >= 0.6 is 11.8 Å². The fourth-order valence-electron chi connectivity index (χ4n) is 1.94. The highest BCUT2D eigenvalue weighted by Crippen LogP contribution is 2.26. The zero-order valence-electron chi connectivity index (χ0n) is 13.1. The summed E-state index contributed by atoms with van der Waals surface area (Å²) in [5.74, 6) is -5.08. The average molecular weight is 348 g/mol. The molecule has 0 heterocycles. The van der Waals surface area contributed by atoms with E-state index in [0.717, 1.165) is 4.90 Å². The van der Waals surface area contributed by atoms with E-state index < -0.39 is 23.8 Å². The Labute approximate surface area is 137 Å². The number of thioether (sulfide) groups is 1. The van der Waals surface area contributed by atoms with Gasteiger partial charge < -0.3 is 4.74 Å². The Morgan fingerprint density at radius 3 is 2.17 bits per heavy atom. The molecule has 1 unspecified atom stereocenters. The van der Waals surface area contributed by atoms with Crippen LogP contribution in [-0.2, 0) is 20.7 Å². The molecule has 0 aliphatic heterocycles. The summed E-state index contributed by atoms with van der Waals surface area (Å²) in [7, 11) is 0. The molecule has 23 heavy (non-hydrogen) atoms. The predicted molar refractivity (Wildman–Crippen MR) is 82.3 cm³/mol. The third-order valence-electron chi connectivity index (χ3n) is 2.90. The Hall–Kier alpha value is -1.50. The third-order valence-corrected chi connectivity index (χ3v) is 3.92. The maximum absolute atomic E-state index is 12.6. The van der Waals surface area contributed by atoms with Gasteiger partial charge in [-0.2, -0.15) is 13.2 Å². The smallest absolute Gasteiger partial charge is 0.450 e. The number of halogens is 3. The third kappa shape index (κ3) is 6.25. The molecule has 0 aliphatic rings. The van der Waals surface area contributed by atoms with E-state index in [2.05, 4.69) is 4.74 Å². The van der Waals surface area contributed by atoms with Gasteiger partial charge in [-0.1, -0.05) is 26.0 Å². The van der Waals surface area contributed by atoms with E-state index in [1.54, 1.807) is 36.0 Å². The molecule has 0 bridgehead atoms. The summed E-state index contributed by atoms with van der Waals surface area (Å²) in [5, 5.41) is 0.375. The zero-order chi connectivity index (χ0) is 17.6. The van der Waals surface area contributed by atoms with Gasteiger partial charge in [0.15, 0.2) is 0 Å². The van der Waals surface area contributed by atoms with Gasteiger partial charge in [0, 0.05) is 10.1 Å². The van der Waals surface area contributed by atoms with Gasteiger partial charge in [0.05, 0.1) is 6.61 Å². The average Bonchev–Trinajstić information content (AvgIpc) is 2.44. The molecule has 0 radical (unpaired) electrons. The maximum atomic E-state index is 12.6. The SMILES string of the molecule is CCOC(=O)C(Cc1ccc(SC(C)C)cc1)C(=O)C(F)(F)F. The lowest BCUT2D eigenvalue weighted by atomic mass is 9.95. The van der Waals surface area contributed by atoms with Crippen LogP contribution in [0.5, 0.6) is 0 Å². The lowest BCUT2D eigenvalue weighted by Gasteiger charge is -2.16. The second kappa shape index (κ2) is 8.38. The Morgan fingerprint density at radius 1 is 1.17 bits per heavy atom. The largest absolute Gasteiger partial charge is 0.465 e. The highest BCUT2D eigenvalue weighted by Gasteiger charge is 2.46. The Kier molecular flexibility index (Phi) is 7.12. The molecule has 0 aliphatic carbocycles. The summed E-state index contributed by atoms with van der Waals surface area (Å²) in [4.78, 5) is 24.1. The standard InChI is InChI=1S/C16H19F3O3S/c1-4-22-15(21)13(14(20)16(17,18)19)9-11-5-7-12(8-6-11)23-10(2)3/h5-8,10,13H,4,9H2,1-3H3. The first-order valence-electron chi connectivity index (χ1n) is 7.18. The first-order chi connectivity index (χ1) is 10.6. The van der Waals surface area contributed by atoms with Crippen molar-refractivity contribution >= 4 is 23.5 Å². The van der Waals surface area contributed by atoms with Crippen molar-refractivity contribution in [1.82, 2.24) is 0 Å². The Morgan fingerprint density at radius 2 is 1.74 bits per heavy atom. The van der Waals surface area contributed by atoms with Crippen molar-refractivity contribution in [3.63, 3.8) is 0 Å². The van der Waals surface area contributed by atoms with Crippen molar-refractivity contribution in [2.24, 2.45) is 5.92 Å². The van der Waals surface area contributed by atoms with Gasteiger partial charge in [0.25, 0.3) is 5.78 Å². The molecule has 1 aromatic carbocycles. The monoisotopic (exact) mass is 348 g/mol. The van der Waals surface area contributed by atoms with Crippen LogP contribution in [-0.4, -0.2) is 29.8 Å². The lowest BCUT2D eigenvalue weighted by molar-refractivity contribution is -0.180. The van der Waals surface area contributed by atoms with Crippen LogP contribution < -0.4 is 0 Å². The van der Waals surface area contributed by atoms with E-state index in [9.17, 15) is 22.8 Å². The van der Waals surface area contributed by atoms with E-state index in [0.29, 0.717) is 10.8 Å². The van der Waals surface area contributed by atoms with Crippen LogP contribution in [0.4, 0.5) is 13.2 Å². The van der Waals surface area contributed by atoms with Crippen LogP contribution in [0, 0.1) is 5.92 Å². The van der Waals surface area contributed by atoms with Crippen molar-refractivity contribution in [1.29, 1.82) is 0 Å². The van der Waals surface area contributed by atoms with Gasteiger partial charge in [-0.3, -0.25) is 9.59 Å². The lowest BCUT2D eigenvalue weighted by Crippen LogP contribution is -2.37. The molecule has 0 amide bonds. The molecule has 0 fully saturated rings. The summed E-state index contributed by atoms with van der Waals surface area (Å²) in [6.45, 7) is 5.45. The highest BCUT2D eigenvalue weighted by molar-refractivity contribution is 7.99. The van der Waals surface area contributed by atoms with Crippen molar-refractivity contribution in [2.75, 3.05) is 6.61 Å². The number of esters is 1. The number of hydrogen-bond donors (Lipinski definition) is 0. The summed E-state index contributed by atoms with van der Waals surface area (Å²) in [6, 6.07) is 6.78. The molecule has 128 valence electrons. The summed E-state index contributed by atoms with van der Waals surface area (Å²) in [6.07, 6.45) is -5.39. The minimum absolute atomic E-state index is 0.0789. The summed E-state index contributed by atoms with van der Waals surface area (Å²) in [5.41, 5.74) is 0.480. The van der Waals surface area contributed by atoms with Gasteiger partial charge in [0.1, 0.15) is 5.92 Å². The van der Waals surface area contributed by atoms with E-state index in [1.807, 2.05) is 13.8 Å². The number of alkyl halides is 3. The molecule has 7 heteroatoms. The zero-order valence-corrected chi connectivity index (χ0v) is 14.0. The number of hydrogen-bond acceptors (Lipinski definition) is 4. The van der Waals surface area contributed by atoms with Gasteiger partial charge in [-0.05, 0) is 31.0 Å². The van der Waals surface area contributed by atoms with Crippen LogP contribution in [0.2, 0.25) is 0 Å². The number of carbonyl (C=O) groups is 2. The fourth-order valence-corrected chi connectivity index (χ4v) is 2.77. The molecule has 0 aromatic heterocycles. The highest BCUT2D eigenvalue weighted by atomic mass is 32.2. The van der Waals surface area contributed by atoms with Crippen LogP contribution in [0.1, 0.15) is 26.3 Å². The number of rotatable bonds is 7. The molecule has 0 saturated carbocycles. The molecule has 3 nitrogen and oxygen atoms in total. The van der Waals surface area contributed by atoms with Crippen LogP contribution in [0.3, 0.4) is 0 Å². The van der Waals surface area contributed by atoms with Crippen molar-refractivity contribution in [3.8, 4) is 0 Å². The maximum Gasteiger partial charge on any atom is 0.450 e. The van der Waals surface area contributed by atoms with Crippen LogP contribution in [0.25, 0.3) is 0 Å². The topological polar surface area (TPSA) is 43.4 Å². The molecule has 0 N–H and O–H groups in total.